The summed E-state index contributed by atoms with van der Waals surface area (Å²) in [7, 11) is 0. The molecular weight excluding hydrogens is 180 g/mol. The second-order valence-corrected chi connectivity index (χ2v) is 7.31. The Kier molecular flexibility index (Phi) is 4.26. The summed E-state index contributed by atoms with van der Waals surface area (Å²) in [6, 6.07) is 0. The van der Waals surface area contributed by atoms with Gasteiger partial charge in [-0.25, -0.2) is 0 Å². The summed E-state index contributed by atoms with van der Waals surface area (Å²) in [6.07, 6.45) is 5.82. The van der Waals surface area contributed by atoms with Gasteiger partial charge in [-0.3, -0.25) is 0 Å². The van der Waals surface area contributed by atoms with E-state index in [1.807, 2.05) is 0 Å². The molecule has 0 aromatic heterocycles. The molecule has 1 aliphatic carbocycles. The SMILES string of the molecule is CC(C)CC1CC(C(C)C)CC(C)(C)C1. The van der Waals surface area contributed by atoms with Crippen molar-refractivity contribution in [2.24, 2.45) is 29.1 Å². The van der Waals surface area contributed by atoms with E-state index in [1.54, 1.807) is 0 Å². The summed E-state index contributed by atoms with van der Waals surface area (Å²) in [4.78, 5) is 0. The molecule has 1 fully saturated rings. The number of hydrogen-bond acceptors (Lipinski definition) is 0. The summed E-state index contributed by atoms with van der Waals surface area (Å²) in [5.41, 5.74) is 0.590. The van der Waals surface area contributed by atoms with E-state index in [0.29, 0.717) is 5.41 Å². The van der Waals surface area contributed by atoms with E-state index in [1.165, 1.54) is 25.7 Å². The number of rotatable bonds is 3. The summed E-state index contributed by atoms with van der Waals surface area (Å²) >= 11 is 0. The molecule has 1 rings (SSSR count). The molecule has 15 heavy (non-hydrogen) atoms. The van der Waals surface area contributed by atoms with Crippen LogP contribution in [0.1, 0.15) is 67.2 Å². The van der Waals surface area contributed by atoms with Crippen molar-refractivity contribution < 1.29 is 0 Å². The molecule has 0 aromatic rings. The molecule has 0 spiro atoms. The van der Waals surface area contributed by atoms with Gasteiger partial charge in [-0.05, 0) is 54.8 Å². The number of hydrogen-bond donors (Lipinski definition) is 0. The fourth-order valence-corrected chi connectivity index (χ4v) is 3.52. The van der Waals surface area contributed by atoms with Crippen molar-refractivity contribution in [2.45, 2.75) is 67.2 Å². The van der Waals surface area contributed by atoms with Crippen LogP contribution in [0.5, 0.6) is 0 Å². The van der Waals surface area contributed by atoms with Crippen molar-refractivity contribution in [2.75, 3.05) is 0 Å². The molecule has 0 N–H and O–H groups in total. The van der Waals surface area contributed by atoms with Crippen LogP contribution >= 0.6 is 0 Å². The van der Waals surface area contributed by atoms with Gasteiger partial charge in [0.25, 0.3) is 0 Å². The second-order valence-electron chi connectivity index (χ2n) is 7.31. The Labute approximate surface area is 96.8 Å². The van der Waals surface area contributed by atoms with Crippen molar-refractivity contribution in [3.63, 3.8) is 0 Å². The maximum absolute atomic E-state index is 2.47. The third kappa shape index (κ3) is 4.17. The van der Waals surface area contributed by atoms with Crippen molar-refractivity contribution in [3.05, 3.63) is 0 Å². The van der Waals surface area contributed by atoms with E-state index in [2.05, 4.69) is 41.5 Å². The molecule has 0 aliphatic heterocycles. The largest absolute Gasteiger partial charge is 0.0628 e. The molecule has 1 saturated carbocycles. The Morgan fingerprint density at radius 3 is 2.13 bits per heavy atom. The molecule has 90 valence electrons. The zero-order chi connectivity index (χ0) is 11.6. The van der Waals surface area contributed by atoms with Gasteiger partial charge in [-0.15, -0.1) is 0 Å². The molecule has 0 radical (unpaired) electrons. The van der Waals surface area contributed by atoms with Crippen LogP contribution in [0, 0.1) is 29.1 Å². The van der Waals surface area contributed by atoms with Crippen LogP contribution in [0.15, 0.2) is 0 Å². The lowest BCUT2D eigenvalue weighted by atomic mass is 9.63. The Bertz CT molecular complexity index is 188. The fraction of sp³-hybridized carbons (Fsp3) is 1.00. The zero-order valence-electron chi connectivity index (χ0n) is 11.6. The van der Waals surface area contributed by atoms with Gasteiger partial charge in [0.05, 0.1) is 0 Å². The maximum atomic E-state index is 2.47. The predicted molar refractivity (Wildman–Crippen MR) is 68.9 cm³/mol. The lowest BCUT2D eigenvalue weighted by Crippen LogP contribution is -2.31. The summed E-state index contributed by atoms with van der Waals surface area (Å²) in [5.74, 6) is 3.70. The van der Waals surface area contributed by atoms with Gasteiger partial charge >= 0.3 is 0 Å². The minimum absolute atomic E-state index is 0.590. The minimum atomic E-state index is 0.590. The predicted octanol–water partition coefficient (Wildman–Crippen LogP) is 5.13. The van der Waals surface area contributed by atoms with Crippen LogP contribution in [-0.4, -0.2) is 0 Å². The Morgan fingerprint density at radius 1 is 1.07 bits per heavy atom. The standard InChI is InChI=1S/C15H30/c1-11(2)7-13-8-14(12(3)4)10-15(5,6)9-13/h11-14H,7-10H2,1-6H3. The highest BCUT2D eigenvalue weighted by Gasteiger charge is 2.34. The Balaban J connectivity index is 2.59. The highest BCUT2D eigenvalue weighted by atomic mass is 14.4. The fourth-order valence-electron chi connectivity index (χ4n) is 3.52. The topological polar surface area (TPSA) is 0 Å². The van der Waals surface area contributed by atoms with Crippen LogP contribution in [0.4, 0.5) is 0 Å². The first-order chi connectivity index (χ1) is 6.80. The Morgan fingerprint density at radius 2 is 1.67 bits per heavy atom. The molecule has 2 atom stereocenters. The van der Waals surface area contributed by atoms with E-state index in [9.17, 15) is 0 Å². The molecule has 0 amide bonds. The lowest BCUT2D eigenvalue weighted by molar-refractivity contribution is 0.0865. The Hall–Kier alpha value is 0. The second kappa shape index (κ2) is 4.89. The van der Waals surface area contributed by atoms with Gasteiger partial charge in [0.1, 0.15) is 0 Å². The van der Waals surface area contributed by atoms with Crippen molar-refractivity contribution >= 4 is 0 Å². The quantitative estimate of drug-likeness (QED) is 0.605. The van der Waals surface area contributed by atoms with Crippen LogP contribution in [0.3, 0.4) is 0 Å². The van der Waals surface area contributed by atoms with Crippen LogP contribution in [0.2, 0.25) is 0 Å². The maximum Gasteiger partial charge on any atom is -0.0349 e. The van der Waals surface area contributed by atoms with Crippen LogP contribution in [-0.2, 0) is 0 Å². The van der Waals surface area contributed by atoms with E-state index in [4.69, 9.17) is 0 Å². The molecule has 0 nitrogen and oxygen atoms in total. The summed E-state index contributed by atoms with van der Waals surface area (Å²) in [6.45, 7) is 14.5. The monoisotopic (exact) mass is 210 g/mol. The van der Waals surface area contributed by atoms with Crippen LogP contribution in [0.25, 0.3) is 0 Å². The first-order valence-electron chi connectivity index (χ1n) is 6.80. The summed E-state index contributed by atoms with van der Waals surface area (Å²) < 4.78 is 0. The smallest absolute Gasteiger partial charge is 0.0349 e. The van der Waals surface area contributed by atoms with Gasteiger partial charge in [-0.2, -0.15) is 0 Å². The third-order valence-electron chi connectivity index (χ3n) is 4.04. The van der Waals surface area contributed by atoms with Gasteiger partial charge in [-0.1, -0.05) is 41.5 Å². The first kappa shape index (κ1) is 13.1. The van der Waals surface area contributed by atoms with Crippen LogP contribution < -0.4 is 0 Å². The van der Waals surface area contributed by atoms with Crippen molar-refractivity contribution in [1.29, 1.82) is 0 Å². The average Bonchev–Trinajstić information content (AvgIpc) is 1.98. The normalized spacial score (nSPS) is 31.2. The van der Waals surface area contributed by atoms with Gasteiger partial charge in [0, 0.05) is 0 Å². The van der Waals surface area contributed by atoms with Gasteiger partial charge in [0.2, 0.25) is 0 Å². The molecule has 1 aliphatic rings. The average molecular weight is 210 g/mol. The molecule has 0 aromatic carbocycles. The van der Waals surface area contributed by atoms with Crippen molar-refractivity contribution in [1.82, 2.24) is 0 Å². The molecule has 0 heteroatoms. The molecule has 0 heterocycles. The summed E-state index contributed by atoms with van der Waals surface area (Å²) in [5, 5.41) is 0. The molecule has 0 saturated heterocycles. The molecule has 0 bridgehead atoms. The van der Waals surface area contributed by atoms with Gasteiger partial charge < -0.3 is 0 Å². The minimum Gasteiger partial charge on any atom is -0.0628 e. The highest BCUT2D eigenvalue weighted by Crippen LogP contribution is 2.46. The van der Waals surface area contributed by atoms with E-state index < -0.39 is 0 Å². The zero-order valence-corrected chi connectivity index (χ0v) is 11.6. The van der Waals surface area contributed by atoms with Crippen molar-refractivity contribution in [3.8, 4) is 0 Å². The van der Waals surface area contributed by atoms with Gasteiger partial charge in [0.15, 0.2) is 0 Å². The van der Waals surface area contributed by atoms with E-state index in [-0.39, 0.29) is 0 Å². The van der Waals surface area contributed by atoms with E-state index in [0.717, 1.165) is 23.7 Å². The van der Waals surface area contributed by atoms with E-state index >= 15 is 0 Å². The molecule has 2 unspecified atom stereocenters. The highest BCUT2D eigenvalue weighted by molar-refractivity contribution is 4.85. The first-order valence-corrected chi connectivity index (χ1v) is 6.80. The lowest BCUT2D eigenvalue weighted by Gasteiger charge is -2.42. The third-order valence-corrected chi connectivity index (χ3v) is 4.04. The molecular formula is C15H30.